The van der Waals surface area contributed by atoms with Crippen molar-refractivity contribution in [3.63, 3.8) is 0 Å². The van der Waals surface area contributed by atoms with Crippen LogP contribution in [0.2, 0.25) is 0 Å². The van der Waals surface area contributed by atoms with E-state index in [1.165, 1.54) is 11.1 Å². The predicted molar refractivity (Wildman–Crippen MR) is 72.8 cm³/mol. The smallest absolute Gasteiger partial charge is 0.212 e. The zero-order valence-corrected chi connectivity index (χ0v) is 11.7. The van der Waals surface area contributed by atoms with Crippen molar-refractivity contribution in [3.8, 4) is 0 Å². The van der Waals surface area contributed by atoms with E-state index >= 15 is 0 Å². The summed E-state index contributed by atoms with van der Waals surface area (Å²) in [5.74, 6) is 1.09. The van der Waals surface area contributed by atoms with Crippen LogP contribution in [0.3, 0.4) is 0 Å². The van der Waals surface area contributed by atoms with Gasteiger partial charge in [-0.3, -0.25) is 4.98 Å². The molecule has 0 saturated heterocycles. The zero-order valence-electron chi connectivity index (χ0n) is 11.7. The van der Waals surface area contributed by atoms with E-state index in [0.29, 0.717) is 17.8 Å². The first-order valence-corrected chi connectivity index (χ1v) is 6.30. The van der Waals surface area contributed by atoms with Crippen molar-refractivity contribution in [2.75, 3.05) is 0 Å². The molecule has 92 valence electrons. The van der Waals surface area contributed by atoms with E-state index in [1.54, 1.807) is 0 Å². The Kier molecular flexibility index (Phi) is 4.28. The molecule has 0 aliphatic carbocycles. The van der Waals surface area contributed by atoms with E-state index in [-0.39, 0.29) is 0 Å². The molecule has 0 fully saturated rings. The van der Waals surface area contributed by atoms with E-state index in [2.05, 4.69) is 51.4 Å². The maximum atomic E-state index is 7.43. The summed E-state index contributed by atoms with van der Waals surface area (Å²) in [6, 6.07) is 0. The molecule has 0 aliphatic heterocycles. The van der Waals surface area contributed by atoms with Crippen molar-refractivity contribution in [2.24, 2.45) is 0 Å². The summed E-state index contributed by atoms with van der Waals surface area (Å²) in [4.78, 5) is 8.24. The van der Waals surface area contributed by atoms with Crippen LogP contribution in [0.4, 0.5) is 5.69 Å². The third-order valence-corrected chi connectivity index (χ3v) is 3.01. The Morgan fingerprint density at radius 2 is 1.59 bits per heavy atom. The molecule has 1 heterocycles. The molecule has 0 aliphatic rings. The van der Waals surface area contributed by atoms with Gasteiger partial charge in [0.25, 0.3) is 0 Å². The highest BCUT2D eigenvalue weighted by atomic mass is 14.8. The van der Waals surface area contributed by atoms with Crippen LogP contribution >= 0.6 is 0 Å². The van der Waals surface area contributed by atoms with Crippen LogP contribution in [0, 0.1) is 6.57 Å². The lowest BCUT2D eigenvalue weighted by Gasteiger charge is -2.20. The van der Waals surface area contributed by atoms with Gasteiger partial charge in [0, 0.05) is 11.9 Å². The number of rotatable bonds is 3. The van der Waals surface area contributed by atoms with Crippen LogP contribution in [0.15, 0.2) is 6.20 Å². The van der Waals surface area contributed by atoms with Crippen molar-refractivity contribution < 1.29 is 0 Å². The third kappa shape index (κ3) is 2.66. The molecule has 0 N–H and O–H groups in total. The molecule has 0 saturated carbocycles. The van der Waals surface area contributed by atoms with Gasteiger partial charge in [0.2, 0.25) is 5.69 Å². The predicted octanol–water partition coefficient (Wildman–Crippen LogP) is 5.00. The van der Waals surface area contributed by atoms with Crippen LogP contribution in [0.5, 0.6) is 0 Å². The highest BCUT2D eigenvalue weighted by Crippen LogP contribution is 2.38. The van der Waals surface area contributed by atoms with E-state index in [4.69, 9.17) is 6.57 Å². The fourth-order valence-corrected chi connectivity index (χ4v) is 2.15. The maximum Gasteiger partial charge on any atom is 0.212 e. The Bertz CT molecular complexity index is 437. The molecule has 17 heavy (non-hydrogen) atoms. The second kappa shape index (κ2) is 5.31. The Morgan fingerprint density at radius 1 is 1.00 bits per heavy atom. The average Bonchev–Trinajstić information content (AvgIpc) is 2.26. The van der Waals surface area contributed by atoms with Gasteiger partial charge < -0.3 is 0 Å². The Hall–Kier alpha value is -1.36. The first-order valence-electron chi connectivity index (χ1n) is 6.30. The van der Waals surface area contributed by atoms with Crippen molar-refractivity contribution >= 4 is 5.69 Å². The van der Waals surface area contributed by atoms with Crippen molar-refractivity contribution in [2.45, 2.75) is 59.3 Å². The molecule has 2 heteroatoms. The lowest BCUT2D eigenvalue weighted by molar-refractivity contribution is 0.762. The normalized spacial score (nSPS) is 11.3. The van der Waals surface area contributed by atoms with Gasteiger partial charge in [-0.2, -0.15) is 0 Å². The Balaban J connectivity index is 3.57. The topological polar surface area (TPSA) is 17.2 Å². The first-order chi connectivity index (χ1) is 7.90. The van der Waals surface area contributed by atoms with Gasteiger partial charge in [-0.15, -0.1) is 0 Å². The van der Waals surface area contributed by atoms with E-state index in [1.807, 2.05) is 6.20 Å². The molecule has 0 spiro atoms. The number of aromatic nitrogens is 1. The monoisotopic (exact) mass is 230 g/mol. The van der Waals surface area contributed by atoms with E-state index in [9.17, 15) is 0 Å². The molecule has 1 aromatic heterocycles. The highest BCUT2D eigenvalue weighted by Gasteiger charge is 2.20. The van der Waals surface area contributed by atoms with Crippen molar-refractivity contribution in [1.82, 2.24) is 4.98 Å². The zero-order chi connectivity index (χ0) is 13.2. The fourth-order valence-electron chi connectivity index (χ4n) is 2.15. The van der Waals surface area contributed by atoms with Crippen LogP contribution in [0.25, 0.3) is 4.85 Å². The van der Waals surface area contributed by atoms with Crippen LogP contribution in [0.1, 0.15) is 76.1 Å². The Labute approximate surface area is 105 Å². The summed E-state index contributed by atoms with van der Waals surface area (Å²) in [6.07, 6.45) is 1.96. The molecular weight excluding hydrogens is 208 g/mol. The number of hydrogen-bond acceptors (Lipinski definition) is 1. The molecule has 0 amide bonds. The summed E-state index contributed by atoms with van der Waals surface area (Å²) < 4.78 is 0. The van der Waals surface area contributed by atoms with Gasteiger partial charge in [-0.1, -0.05) is 41.5 Å². The quantitative estimate of drug-likeness (QED) is 0.668. The summed E-state index contributed by atoms with van der Waals surface area (Å²) in [7, 11) is 0. The summed E-state index contributed by atoms with van der Waals surface area (Å²) in [6.45, 7) is 20.2. The minimum Gasteiger partial charge on any atom is -0.272 e. The van der Waals surface area contributed by atoms with Gasteiger partial charge in [0.15, 0.2) is 0 Å². The SMILES string of the molecule is [C-]#[N+]c1c(C(C)C)ncc(C(C)C)c1C(C)C. The summed E-state index contributed by atoms with van der Waals surface area (Å²) in [5, 5.41) is 0. The molecule has 2 nitrogen and oxygen atoms in total. The highest BCUT2D eigenvalue weighted by molar-refractivity contribution is 5.61. The molecule has 0 bridgehead atoms. The van der Waals surface area contributed by atoms with Crippen molar-refractivity contribution in [1.29, 1.82) is 0 Å². The van der Waals surface area contributed by atoms with Crippen molar-refractivity contribution in [3.05, 3.63) is 34.4 Å². The van der Waals surface area contributed by atoms with Gasteiger partial charge in [0.05, 0.1) is 6.57 Å². The molecule has 0 atom stereocenters. The largest absolute Gasteiger partial charge is 0.272 e. The van der Waals surface area contributed by atoms with Gasteiger partial charge >= 0.3 is 0 Å². The second-order valence-electron chi connectivity index (χ2n) is 5.44. The lowest BCUT2D eigenvalue weighted by Crippen LogP contribution is -2.04. The molecule has 1 aromatic rings. The van der Waals surface area contributed by atoms with Gasteiger partial charge in [-0.25, -0.2) is 4.85 Å². The van der Waals surface area contributed by atoms with E-state index < -0.39 is 0 Å². The van der Waals surface area contributed by atoms with Crippen LogP contribution in [-0.4, -0.2) is 4.98 Å². The summed E-state index contributed by atoms with van der Waals surface area (Å²) in [5.41, 5.74) is 4.12. The van der Waals surface area contributed by atoms with Gasteiger partial charge in [-0.05, 0) is 28.9 Å². The molecule has 0 aromatic carbocycles. The second-order valence-corrected chi connectivity index (χ2v) is 5.44. The number of pyridine rings is 1. The minimum absolute atomic E-state index is 0.304. The number of nitrogens with zero attached hydrogens (tertiary/aromatic N) is 2. The van der Waals surface area contributed by atoms with Gasteiger partial charge in [0.1, 0.15) is 0 Å². The average molecular weight is 230 g/mol. The Morgan fingerprint density at radius 3 is 1.94 bits per heavy atom. The maximum absolute atomic E-state index is 7.43. The fraction of sp³-hybridized carbons (Fsp3) is 0.600. The minimum atomic E-state index is 0.304. The molecule has 0 radical (unpaired) electrons. The third-order valence-electron chi connectivity index (χ3n) is 3.01. The lowest BCUT2D eigenvalue weighted by atomic mass is 9.88. The van der Waals surface area contributed by atoms with Crippen LogP contribution in [-0.2, 0) is 0 Å². The summed E-state index contributed by atoms with van der Waals surface area (Å²) >= 11 is 0. The standard InChI is InChI=1S/C15H22N2/c1-9(2)12-8-17-14(11(5)6)15(16-7)13(12)10(3)4/h8-11H,1-6H3. The van der Waals surface area contributed by atoms with E-state index in [0.717, 1.165) is 11.4 Å². The first kappa shape index (κ1) is 13.7. The van der Waals surface area contributed by atoms with Crippen LogP contribution < -0.4 is 0 Å². The molecular formula is C15H22N2. The number of hydrogen-bond donors (Lipinski definition) is 0. The molecule has 0 unspecified atom stereocenters. The molecule has 1 rings (SSSR count).